The fraction of sp³-hybridized carbons (Fsp3) is 0.429. The van der Waals surface area contributed by atoms with Gasteiger partial charge in [0.05, 0.1) is 18.1 Å². The van der Waals surface area contributed by atoms with Gasteiger partial charge in [0.15, 0.2) is 0 Å². The van der Waals surface area contributed by atoms with E-state index in [-0.39, 0.29) is 6.42 Å². The number of aryl methyl sites for hydroxylation is 1. The summed E-state index contributed by atoms with van der Waals surface area (Å²) < 4.78 is 0. The SMILES string of the molecule is Cc1cc(C(C)(C)CC(=O)O)cc(C#N)c1C. The van der Waals surface area contributed by atoms with Crippen molar-refractivity contribution in [3.63, 3.8) is 0 Å². The molecule has 3 heteroatoms. The van der Waals surface area contributed by atoms with Gasteiger partial charge in [-0.2, -0.15) is 5.26 Å². The zero-order chi connectivity index (χ0) is 13.2. The van der Waals surface area contributed by atoms with Gasteiger partial charge in [-0.05, 0) is 36.6 Å². The van der Waals surface area contributed by atoms with E-state index in [0.717, 1.165) is 16.7 Å². The third-order valence-electron chi connectivity index (χ3n) is 3.16. The molecule has 0 radical (unpaired) electrons. The van der Waals surface area contributed by atoms with Gasteiger partial charge >= 0.3 is 5.97 Å². The average Bonchev–Trinajstić information content (AvgIpc) is 2.19. The van der Waals surface area contributed by atoms with Crippen LogP contribution in [0, 0.1) is 25.2 Å². The summed E-state index contributed by atoms with van der Waals surface area (Å²) in [5, 5.41) is 17.9. The number of carboxylic acids is 1. The van der Waals surface area contributed by atoms with E-state index in [1.807, 2.05) is 33.8 Å². The van der Waals surface area contributed by atoms with Crippen LogP contribution in [0.1, 0.15) is 42.5 Å². The fourth-order valence-electron chi connectivity index (χ4n) is 1.85. The molecular weight excluding hydrogens is 214 g/mol. The second-order valence-corrected chi connectivity index (χ2v) is 5.03. The predicted molar refractivity (Wildman–Crippen MR) is 65.9 cm³/mol. The van der Waals surface area contributed by atoms with Crippen molar-refractivity contribution in [1.82, 2.24) is 0 Å². The molecule has 0 unspecified atom stereocenters. The van der Waals surface area contributed by atoms with E-state index in [9.17, 15) is 4.79 Å². The molecule has 90 valence electrons. The van der Waals surface area contributed by atoms with Gasteiger partial charge in [-0.25, -0.2) is 0 Å². The first kappa shape index (κ1) is 13.2. The molecule has 1 rings (SSSR count). The lowest BCUT2D eigenvalue weighted by atomic mass is 9.79. The fourth-order valence-corrected chi connectivity index (χ4v) is 1.85. The molecule has 0 atom stereocenters. The Bertz CT molecular complexity index is 496. The maximum absolute atomic E-state index is 10.8. The average molecular weight is 231 g/mol. The first-order chi connectivity index (χ1) is 7.77. The van der Waals surface area contributed by atoms with E-state index in [1.54, 1.807) is 6.07 Å². The third-order valence-corrected chi connectivity index (χ3v) is 3.16. The molecule has 0 fully saturated rings. The Morgan fingerprint density at radius 3 is 2.47 bits per heavy atom. The van der Waals surface area contributed by atoms with Crippen molar-refractivity contribution < 1.29 is 9.90 Å². The number of hydrogen-bond acceptors (Lipinski definition) is 2. The molecule has 0 heterocycles. The minimum atomic E-state index is -0.827. The Labute approximate surface area is 102 Å². The first-order valence-electron chi connectivity index (χ1n) is 5.51. The van der Waals surface area contributed by atoms with Crippen LogP contribution in [0.25, 0.3) is 0 Å². The molecule has 0 amide bonds. The standard InChI is InChI=1S/C14H17NO2/c1-9-5-12(6-11(8-15)10(9)2)14(3,4)7-13(16)17/h5-6H,7H2,1-4H3,(H,16,17). The van der Waals surface area contributed by atoms with E-state index in [0.29, 0.717) is 5.56 Å². The molecule has 1 aromatic rings. The second-order valence-electron chi connectivity index (χ2n) is 5.03. The normalized spacial score (nSPS) is 11.0. The maximum Gasteiger partial charge on any atom is 0.304 e. The molecule has 0 saturated carbocycles. The molecule has 1 aromatic carbocycles. The summed E-state index contributed by atoms with van der Waals surface area (Å²) in [6, 6.07) is 5.92. The van der Waals surface area contributed by atoms with Crippen molar-refractivity contribution in [2.24, 2.45) is 0 Å². The maximum atomic E-state index is 10.8. The predicted octanol–water partition coefficient (Wildman–Crippen LogP) is 2.93. The lowest BCUT2D eigenvalue weighted by Gasteiger charge is -2.24. The summed E-state index contributed by atoms with van der Waals surface area (Å²) in [6.45, 7) is 7.61. The quantitative estimate of drug-likeness (QED) is 0.870. The number of carboxylic acid groups (broad SMARTS) is 1. The van der Waals surface area contributed by atoms with Crippen LogP contribution in [-0.4, -0.2) is 11.1 Å². The summed E-state index contributed by atoms with van der Waals surface area (Å²) in [6.07, 6.45) is 0.0559. The molecular formula is C14H17NO2. The van der Waals surface area contributed by atoms with Crippen LogP contribution in [0.2, 0.25) is 0 Å². The molecule has 3 nitrogen and oxygen atoms in total. The highest BCUT2D eigenvalue weighted by Gasteiger charge is 2.25. The molecule has 0 aliphatic carbocycles. The van der Waals surface area contributed by atoms with Gasteiger partial charge in [0.25, 0.3) is 0 Å². The van der Waals surface area contributed by atoms with Crippen LogP contribution >= 0.6 is 0 Å². The summed E-state index contributed by atoms with van der Waals surface area (Å²) in [5.41, 5.74) is 3.05. The van der Waals surface area contributed by atoms with Gasteiger partial charge in [-0.1, -0.05) is 19.9 Å². The summed E-state index contributed by atoms with van der Waals surface area (Å²) in [4.78, 5) is 10.8. The van der Waals surface area contributed by atoms with Crippen LogP contribution in [0.4, 0.5) is 0 Å². The smallest absolute Gasteiger partial charge is 0.304 e. The van der Waals surface area contributed by atoms with E-state index in [4.69, 9.17) is 10.4 Å². The highest BCUT2D eigenvalue weighted by atomic mass is 16.4. The van der Waals surface area contributed by atoms with Gasteiger partial charge in [0, 0.05) is 5.41 Å². The zero-order valence-electron chi connectivity index (χ0n) is 10.7. The number of rotatable bonds is 3. The largest absolute Gasteiger partial charge is 0.481 e. The van der Waals surface area contributed by atoms with Gasteiger partial charge in [0.2, 0.25) is 0 Å². The first-order valence-corrected chi connectivity index (χ1v) is 5.51. The van der Waals surface area contributed by atoms with Crippen LogP contribution in [0.15, 0.2) is 12.1 Å². The topological polar surface area (TPSA) is 61.1 Å². The number of carbonyl (C=O) groups is 1. The number of nitriles is 1. The Balaban J connectivity index is 3.29. The Hall–Kier alpha value is -1.82. The zero-order valence-corrected chi connectivity index (χ0v) is 10.7. The third kappa shape index (κ3) is 2.85. The van der Waals surface area contributed by atoms with Gasteiger partial charge < -0.3 is 5.11 Å². The van der Waals surface area contributed by atoms with Gasteiger partial charge in [-0.3, -0.25) is 4.79 Å². The van der Waals surface area contributed by atoms with Gasteiger partial charge in [0.1, 0.15) is 0 Å². The van der Waals surface area contributed by atoms with Crippen LogP contribution < -0.4 is 0 Å². The Morgan fingerprint density at radius 1 is 1.41 bits per heavy atom. The van der Waals surface area contributed by atoms with Gasteiger partial charge in [-0.15, -0.1) is 0 Å². The Kier molecular flexibility index (Phi) is 3.57. The van der Waals surface area contributed by atoms with E-state index in [1.165, 1.54) is 0 Å². The second kappa shape index (κ2) is 4.58. The lowest BCUT2D eigenvalue weighted by molar-refractivity contribution is -0.138. The molecule has 0 aliphatic rings. The van der Waals surface area contributed by atoms with Crippen molar-refractivity contribution in [2.75, 3.05) is 0 Å². The van der Waals surface area contributed by atoms with Crippen LogP contribution in [0.3, 0.4) is 0 Å². The van der Waals surface area contributed by atoms with E-state index < -0.39 is 11.4 Å². The molecule has 0 aliphatic heterocycles. The number of hydrogen-bond donors (Lipinski definition) is 1. The molecule has 1 N–H and O–H groups in total. The highest BCUT2D eigenvalue weighted by molar-refractivity contribution is 5.69. The van der Waals surface area contributed by atoms with Crippen LogP contribution in [-0.2, 0) is 10.2 Å². The number of aliphatic carboxylic acids is 1. The van der Waals surface area contributed by atoms with Crippen LogP contribution in [0.5, 0.6) is 0 Å². The minimum Gasteiger partial charge on any atom is -0.481 e. The Morgan fingerprint density at radius 2 is 2.00 bits per heavy atom. The van der Waals surface area contributed by atoms with Crippen molar-refractivity contribution in [3.8, 4) is 6.07 Å². The summed E-state index contributed by atoms with van der Waals surface area (Å²) in [7, 11) is 0. The summed E-state index contributed by atoms with van der Waals surface area (Å²) >= 11 is 0. The lowest BCUT2D eigenvalue weighted by Crippen LogP contribution is -2.22. The van der Waals surface area contributed by atoms with Crippen molar-refractivity contribution in [3.05, 3.63) is 34.4 Å². The van der Waals surface area contributed by atoms with Crippen molar-refractivity contribution in [1.29, 1.82) is 5.26 Å². The number of benzene rings is 1. The molecule has 0 aromatic heterocycles. The monoisotopic (exact) mass is 231 g/mol. The van der Waals surface area contributed by atoms with E-state index in [2.05, 4.69) is 6.07 Å². The summed E-state index contributed by atoms with van der Waals surface area (Å²) in [5.74, 6) is -0.827. The molecule has 0 bridgehead atoms. The molecule has 17 heavy (non-hydrogen) atoms. The molecule has 0 saturated heterocycles. The minimum absolute atomic E-state index is 0.0559. The van der Waals surface area contributed by atoms with E-state index >= 15 is 0 Å². The number of nitrogens with zero attached hydrogens (tertiary/aromatic N) is 1. The highest BCUT2D eigenvalue weighted by Crippen LogP contribution is 2.30. The van der Waals surface area contributed by atoms with Crippen molar-refractivity contribution >= 4 is 5.97 Å². The van der Waals surface area contributed by atoms with Crippen molar-refractivity contribution in [2.45, 2.75) is 39.5 Å². The molecule has 0 spiro atoms.